The number of aliphatic hydroxyl groups excluding tert-OH is 2. The number of rotatable bonds is 4. The van der Waals surface area contributed by atoms with E-state index < -0.39 is 58.1 Å². The van der Waals surface area contributed by atoms with E-state index in [0.717, 1.165) is 5.01 Å². The maximum Gasteiger partial charge on any atom is 0.309 e. The number of imidazole rings is 1. The van der Waals surface area contributed by atoms with Crippen molar-refractivity contribution in [1.82, 2.24) is 18.8 Å². The molecule has 4 rings (SSSR count). The van der Waals surface area contributed by atoms with E-state index in [1.54, 1.807) is 32.4 Å². The second kappa shape index (κ2) is 12.9. The van der Waals surface area contributed by atoms with E-state index >= 15 is 0 Å². The zero-order chi connectivity index (χ0) is 31.9. The highest BCUT2D eigenvalue weighted by Gasteiger charge is 2.56. The van der Waals surface area contributed by atoms with E-state index in [1.807, 2.05) is 32.2 Å². The number of sulfonamides is 1. The molecule has 238 valence electrons. The molecule has 2 aliphatic rings. The molecule has 0 aromatic carbocycles. The van der Waals surface area contributed by atoms with Gasteiger partial charge in [0.15, 0.2) is 5.03 Å². The molecule has 2 N–H and O–H groups in total. The largest absolute Gasteiger partial charge is 0.458 e. The van der Waals surface area contributed by atoms with Gasteiger partial charge in [-0.3, -0.25) is 9.59 Å². The third-order valence-electron chi connectivity index (χ3n) is 8.98. The number of carbonyl (C=O) groups excluding carboxylic acids is 2. The molecule has 2 fully saturated rings. The summed E-state index contributed by atoms with van der Waals surface area (Å²) in [7, 11) is -2.21. The van der Waals surface area contributed by atoms with Crippen molar-refractivity contribution >= 4 is 39.2 Å². The molecular formula is C30H44N4O7S2. The molecule has 0 saturated carbocycles. The van der Waals surface area contributed by atoms with Gasteiger partial charge < -0.3 is 19.5 Å². The number of esters is 1. The van der Waals surface area contributed by atoms with Crippen molar-refractivity contribution in [2.24, 2.45) is 24.3 Å². The van der Waals surface area contributed by atoms with E-state index in [-0.39, 0.29) is 29.2 Å². The van der Waals surface area contributed by atoms with Crippen LogP contribution in [0.1, 0.15) is 77.4 Å². The first-order chi connectivity index (χ1) is 20.0. The summed E-state index contributed by atoms with van der Waals surface area (Å²) in [6.45, 7) is 10.4. The molecule has 2 aliphatic heterocycles. The summed E-state index contributed by atoms with van der Waals surface area (Å²) in [4.78, 5) is 35.2. The molecule has 0 spiro atoms. The Kier molecular flexibility index (Phi) is 10.0. The van der Waals surface area contributed by atoms with Gasteiger partial charge in [-0.05, 0) is 44.3 Å². The summed E-state index contributed by atoms with van der Waals surface area (Å²) in [5.74, 6) is -2.04. The van der Waals surface area contributed by atoms with Crippen LogP contribution in [-0.4, -0.2) is 79.6 Å². The number of ether oxygens (including phenoxy) is 1. The van der Waals surface area contributed by atoms with Crippen LogP contribution in [0.25, 0.3) is 6.08 Å². The van der Waals surface area contributed by atoms with Crippen molar-refractivity contribution in [1.29, 1.82) is 0 Å². The molecule has 0 aliphatic carbocycles. The average Bonchev–Trinajstić information content (AvgIpc) is 3.19. The van der Waals surface area contributed by atoms with Crippen molar-refractivity contribution < 1.29 is 33.0 Å². The van der Waals surface area contributed by atoms with Gasteiger partial charge in [0.1, 0.15) is 11.9 Å². The summed E-state index contributed by atoms with van der Waals surface area (Å²) < 4.78 is 36.3. The first kappa shape index (κ1) is 33.4. The fourth-order valence-electron chi connectivity index (χ4n) is 6.03. The zero-order valence-corrected chi connectivity index (χ0v) is 27.6. The monoisotopic (exact) mass is 636 g/mol. The van der Waals surface area contributed by atoms with Crippen LogP contribution >= 0.6 is 11.3 Å². The Hall–Kier alpha value is -2.45. The van der Waals surface area contributed by atoms with Gasteiger partial charge in [-0.2, -0.15) is 4.31 Å². The van der Waals surface area contributed by atoms with Crippen molar-refractivity contribution in [2.75, 3.05) is 0 Å². The lowest BCUT2D eigenvalue weighted by molar-refractivity contribution is -0.154. The second-order valence-corrected chi connectivity index (χ2v) is 15.6. The molecule has 2 aromatic rings. The van der Waals surface area contributed by atoms with Crippen molar-refractivity contribution in [3.63, 3.8) is 0 Å². The number of aromatic nitrogens is 3. The lowest BCUT2D eigenvalue weighted by Gasteiger charge is -2.34. The molecule has 0 amide bonds. The van der Waals surface area contributed by atoms with Crippen LogP contribution in [0, 0.1) is 24.2 Å². The van der Waals surface area contributed by atoms with E-state index in [4.69, 9.17) is 4.74 Å². The Morgan fingerprint density at radius 3 is 2.49 bits per heavy atom. The SMILES string of the molecule is CC(=Cc1csc(C)n1)[C@@H]1C[C@H]2[C@@H](CCC[C@H](C)[C@H](O)[C@@H](C)C(=O)C(C)(C)[C@@H](O)CC(=O)O1)N2S(=O)(=O)c1cn(C)cn1. The fourth-order valence-corrected chi connectivity index (χ4v) is 8.43. The van der Waals surface area contributed by atoms with Gasteiger partial charge in [-0.1, -0.05) is 34.1 Å². The molecule has 0 bridgehead atoms. The van der Waals surface area contributed by atoms with E-state index in [0.29, 0.717) is 30.5 Å². The van der Waals surface area contributed by atoms with E-state index in [1.165, 1.54) is 28.2 Å². The lowest BCUT2D eigenvalue weighted by atomic mass is 9.73. The summed E-state index contributed by atoms with van der Waals surface area (Å²) in [6, 6.07) is -0.788. The molecule has 4 heterocycles. The van der Waals surface area contributed by atoms with Crippen molar-refractivity contribution in [3.05, 3.63) is 34.2 Å². The Bertz CT molecular complexity index is 1460. The minimum Gasteiger partial charge on any atom is -0.458 e. The van der Waals surface area contributed by atoms with Gasteiger partial charge in [0.05, 0.1) is 41.1 Å². The van der Waals surface area contributed by atoms with Crippen LogP contribution in [0.3, 0.4) is 0 Å². The first-order valence-electron chi connectivity index (χ1n) is 14.8. The number of aliphatic hydroxyl groups is 2. The minimum atomic E-state index is -3.91. The molecular weight excluding hydrogens is 592 g/mol. The van der Waals surface area contributed by atoms with E-state index in [9.17, 15) is 28.2 Å². The summed E-state index contributed by atoms with van der Waals surface area (Å²) in [6.07, 6.45) is 3.17. The van der Waals surface area contributed by atoms with Crippen molar-refractivity contribution in [3.8, 4) is 0 Å². The van der Waals surface area contributed by atoms with Crippen LogP contribution < -0.4 is 0 Å². The number of hydrogen-bond acceptors (Lipinski definition) is 10. The Morgan fingerprint density at radius 1 is 1.19 bits per heavy atom. The Morgan fingerprint density at radius 2 is 1.88 bits per heavy atom. The van der Waals surface area contributed by atoms with Gasteiger partial charge >= 0.3 is 5.97 Å². The quantitative estimate of drug-likeness (QED) is 0.380. The molecule has 0 radical (unpaired) electrons. The average molecular weight is 637 g/mol. The topological polar surface area (TPSA) is 152 Å². The summed E-state index contributed by atoms with van der Waals surface area (Å²) >= 11 is 1.49. The highest BCUT2D eigenvalue weighted by molar-refractivity contribution is 7.89. The predicted molar refractivity (Wildman–Crippen MR) is 162 cm³/mol. The third kappa shape index (κ3) is 7.28. The zero-order valence-electron chi connectivity index (χ0n) is 25.9. The normalized spacial score (nSPS) is 33.1. The smallest absolute Gasteiger partial charge is 0.309 e. The number of hydrogen-bond donors (Lipinski definition) is 2. The van der Waals surface area contributed by atoms with Gasteiger partial charge in [-0.15, -0.1) is 11.3 Å². The number of fused-ring (bicyclic) bond motifs is 1. The molecule has 8 atom stereocenters. The maximum absolute atomic E-state index is 13.7. The van der Waals surface area contributed by atoms with Crippen LogP contribution in [0.4, 0.5) is 0 Å². The number of Topliss-reactive ketones (excluding diaryl/α,β-unsaturated/α-hetero) is 1. The Labute approximate surface area is 258 Å². The number of ketones is 1. The first-order valence-corrected chi connectivity index (χ1v) is 17.1. The van der Waals surface area contributed by atoms with Gasteiger partial charge in [0.25, 0.3) is 10.0 Å². The third-order valence-corrected chi connectivity index (χ3v) is 11.6. The molecule has 2 saturated heterocycles. The minimum absolute atomic E-state index is 0.0476. The lowest BCUT2D eigenvalue weighted by Crippen LogP contribution is -2.45. The maximum atomic E-state index is 13.7. The summed E-state index contributed by atoms with van der Waals surface area (Å²) in [5, 5.41) is 24.8. The van der Waals surface area contributed by atoms with Crippen LogP contribution in [-0.2, 0) is 31.4 Å². The van der Waals surface area contributed by atoms with Gasteiger partial charge in [0.2, 0.25) is 0 Å². The Balaban J connectivity index is 1.69. The summed E-state index contributed by atoms with van der Waals surface area (Å²) in [5.41, 5.74) is 0.0988. The predicted octanol–water partition coefficient (Wildman–Crippen LogP) is 3.50. The van der Waals surface area contributed by atoms with Crippen LogP contribution in [0.5, 0.6) is 0 Å². The van der Waals surface area contributed by atoms with Gasteiger partial charge in [0, 0.05) is 43.0 Å². The number of carbonyl (C=O) groups is 2. The standard InChI is InChI=1S/C30H44N4O7S2/c1-17-9-8-10-22-23(34(22)43(39,40)26-14-33(7)16-31-26)12-24(18(2)11-21-15-42-20(4)32-21)41-27(36)13-25(35)30(5,6)29(38)19(3)28(17)37/h11,14-17,19,22-25,28,35,37H,8-10,12-13H2,1-7H3/t17-,19+,22+,23-,24-,25-,28-,34?/m0/s1. The number of aryl methyl sites for hydroxylation is 2. The molecule has 43 heavy (non-hydrogen) atoms. The fraction of sp³-hybridized carbons (Fsp3) is 0.667. The van der Waals surface area contributed by atoms with Crippen molar-refractivity contribution in [2.45, 2.75) is 109 Å². The highest BCUT2D eigenvalue weighted by Crippen LogP contribution is 2.43. The number of thiazole rings is 1. The van der Waals surface area contributed by atoms with Crippen LogP contribution in [0.15, 0.2) is 28.5 Å². The van der Waals surface area contributed by atoms with E-state index in [2.05, 4.69) is 9.97 Å². The number of cyclic esters (lactones) is 1. The second-order valence-electron chi connectivity index (χ2n) is 12.7. The number of nitrogens with zero attached hydrogens (tertiary/aromatic N) is 4. The molecule has 11 nitrogen and oxygen atoms in total. The van der Waals surface area contributed by atoms with Crippen LogP contribution in [0.2, 0.25) is 0 Å². The molecule has 2 aromatic heterocycles. The highest BCUT2D eigenvalue weighted by atomic mass is 32.2. The molecule has 1 unspecified atom stereocenters. The van der Waals surface area contributed by atoms with Gasteiger partial charge in [-0.25, -0.2) is 18.4 Å². The molecule has 13 heteroatoms.